The third-order valence-corrected chi connectivity index (χ3v) is 6.75. The monoisotopic (exact) mass is 559 g/mol. The second-order valence-electron chi connectivity index (χ2n) is 9.78. The van der Waals surface area contributed by atoms with Crippen LogP contribution in [0.3, 0.4) is 0 Å². The number of anilines is 1. The zero-order valence-electron chi connectivity index (χ0n) is 21.5. The highest BCUT2D eigenvalue weighted by Crippen LogP contribution is 2.34. The molecule has 0 radical (unpaired) electrons. The minimum atomic E-state index is -4.52. The van der Waals surface area contributed by atoms with Crippen LogP contribution >= 0.6 is 0 Å². The van der Waals surface area contributed by atoms with Gasteiger partial charge in [-0.25, -0.2) is 19.2 Å². The second-order valence-corrected chi connectivity index (χ2v) is 9.78. The normalized spacial score (nSPS) is 21.2. The SMILES string of the molecule is Nc1nc(C2=CC3=CCNC=C(C4=CC(OC5CCCC5)CC(NC(=O)NCC(F)(F)F)=C4)N3C=C2)ncc1F. The van der Waals surface area contributed by atoms with Gasteiger partial charge in [-0.05, 0) is 43.2 Å². The number of rotatable bonds is 6. The van der Waals surface area contributed by atoms with Crippen molar-refractivity contribution >= 4 is 17.4 Å². The number of fused-ring (bicyclic) bond motifs is 1. The minimum Gasteiger partial charge on any atom is -0.386 e. The van der Waals surface area contributed by atoms with Crippen LogP contribution in [0.1, 0.15) is 37.9 Å². The van der Waals surface area contributed by atoms with Gasteiger partial charge >= 0.3 is 12.2 Å². The Morgan fingerprint density at radius 1 is 1.23 bits per heavy atom. The number of nitrogens with one attached hydrogen (secondary N) is 3. The number of amides is 2. The number of hydrogen-bond donors (Lipinski definition) is 4. The molecule has 4 aliphatic rings. The molecule has 3 heterocycles. The predicted octanol–water partition coefficient (Wildman–Crippen LogP) is 4.14. The molecule has 1 atom stereocenters. The molecule has 1 aromatic rings. The topological polar surface area (TPSA) is 117 Å². The highest BCUT2D eigenvalue weighted by atomic mass is 19.4. The molecule has 212 valence electrons. The van der Waals surface area contributed by atoms with E-state index in [1.165, 1.54) is 0 Å². The summed E-state index contributed by atoms with van der Waals surface area (Å²) in [6.07, 6.45) is 13.4. The van der Waals surface area contributed by atoms with Crippen molar-refractivity contribution in [2.45, 2.75) is 50.5 Å². The highest BCUT2D eigenvalue weighted by Gasteiger charge is 2.30. The molecule has 5 N–H and O–H groups in total. The fraction of sp³-hybridized carbons (Fsp3) is 0.370. The Kier molecular flexibility index (Phi) is 7.92. The smallest absolute Gasteiger partial charge is 0.386 e. The second kappa shape index (κ2) is 11.5. The van der Waals surface area contributed by atoms with Crippen LogP contribution in [0.5, 0.6) is 0 Å². The van der Waals surface area contributed by atoms with Gasteiger partial charge in [0.15, 0.2) is 17.5 Å². The first-order valence-corrected chi connectivity index (χ1v) is 13.0. The number of ether oxygens (including phenoxy) is 1. The number of carbonyl (C=O) groups excluding carboxylic acids is 1. The van der Waals surface area contributed by atoms with Gasteiger partial charge in [0, 0.05) is 47.9 Å². The van der Waals surface area contributed by atoms with Crippen molar-refractivity contribution in [3.63, 3.8) is 0 Å². The maximum atomic E-state index is 13.6. The molecule has 1 fully saturated rings. The van der Waals surface area contributed by atoms with E-state index in [1.807, 2.05) is 40.8 Å². The maximum absolute atomic E-state index is 13.6. The summed E-state index contributed by atoms with van der Waals surface area (Å²) < 4.78 is 57.7. The summed E-state index contributed by atoms with van der Waals surface area (Å²) in [5.41, 5.74) is 8.91. The van der Waals surface area contributed by atoms with Gasteiger partial charge in [0.25, 0.3) is 0 Å². The van der Waals surface area contributed by atoms with E-state index in [0.717, 1.165) is 43.3 Å². The third kappa shape index (κ3) is 6.71. The maximum Gasteiger partial charge on any atom is 0.405 e. The van der Waals surface area contributed by atoms with Crippen LogP contribution in [-0.4, -0.2) is 52.4 Å². The number of hydrogen-bond acceptors (Lipinski definition) is 7. The molecule has 2 aliphatic heterocycles. The number of nitrogen functional groups attached to an aromatic ring is 1. The van der Waals surface area contributed by atoms with Crippen LogP contribution in [0, 0.1) is 5.82 Å². The van der Waals surface area contributed by atoms with Crippen molar-refractivity contribution in [1.29, 1.82) is 0 Å². The Hall–Kier alpha value is -4.13. The zero-order chi connectivity index (χ0) is 28.3. The molecule has 2 amide bonds. The number of alkyl halides is 3. The van der Waals surface area contributed by atoms with Crippen LogP contribution in [0.4, 0.5) is 28.2 Å². The first kappa shape index (κ1) is 27.4. The van der Waals surface area contributed by atoms with Gasteiger partial charge in [0.05, 0.1) is 24.1 Å². The third-order valence-electron chi connectivity index (χ3n) is 6.75. The van der Waals surface area contributed by atoms with Crippen LogP contribution in [-0.2, 0) is 4.74 Å². The number of urea groups is 1. The molecule has 0 saturated heterocycles. The number of nitrogens with two attached hydrogens (primary N) is 1. The molecule has 2 aliphatic carbocycles. The van der Waals surface area contributed by atoms with E-state index in [1.54, 1.807) is 12.2 Å². The Bertz CT molecular complexity index is 1340. The lowest BCUT2D eigenvalue weighted by atomic mass is 9.97. The average molecular weight is 560 g/mol. The molecule has 9 nitrogen and oxygen atoms in total. The van der Waals surface area contributed by atoms with Crippen molar-refractivity contribution < 1.29 is 27.1 Å². The number of halogens is 4. The fourth-order valence-electron chi connectivity index (χ4n) is 4.91. The van der Waals surface area contributed by atoms with Crippen molar-refractivity contribution in [2.75, 3.05) is 18.8 Å². The molecule has 1 unspecified atom stereocenters. The lowest BCUT2D eigenvalue weighted by molar-refractivity contribution is -0.122. The summed E-state index contributed by atoms with van der Waals surface area (Å²) in [5, 5.41) is 7.63. The standard InChI is InChI=1S/C27H29F4N7O2/c28-22-13-34-25(37-24(22)32)16-6-8-38-19(10-16)5-7-33-14-23(38)17-9-18(36-26(39)35-15-27(29,30)31)12-21(11-17)40-20-3-1-2-4-20/h5-6,8-11,13-14,20-21,33H,1-4,7,12,15H2,(H2,32,34,37)(H2,35,36,39). The van der Waals surface area contributed by atoms with E-state index in [4.69, 9.17) is 10.5 Å². The van der Waals surface area contributed by atoms with E-state index < -0.39 is 24.6 Å². The summed E-state index contributed by atoms with van der Waals surface area (Å²) in [4.78, 5) is 22.3. The minimum absolute atomic E-state index is 0.0844. The van der Waals surface area contributed by atoms with Crippen LogP contribution in [0.25, 0.3) is 5.57 Å². The number of carbonyl (C=O) groups is 1. The molecule has 1 saturated carbocycles. The average Bonchev–Trinajstić information content (AvgIpc) is 3.32. The van der Waals surface area contributed by atoms with Gasteiger partial charge < -0.3 is 31.3 Å². The van der Waals surface area contributed by atoms with Crippen molar-refractivity contribution in [3.8, 4) is 0 Å². The van der Waals surface area contributed by atoms with E-state index in [2.05, 4.69) is 20.6 Å². The molecular weight excluding hydrogens is 530 g/mol. The van der Waals surface area contributed by atoms with E-state index in [0.29, 0.717) is 29.8 Å². The van der Waals surface area contributed by atoms with Gasteiger partial charge in [-0.15, -0.1) is 0 Å². The quantitative estimate of drug-likeness (QED) is 0.387. The lowest BCUT2D eigenvalue weighted by Gasteiger charge is -2.31. The Balaban J connectivity index is 1.40. The van der Waals surface area contributed by atoms with Crippen LogP contribution < -0.4 is 21.7 Å². The summed E-state index contributed by atoms with van der Waals surface area (Å²) >= 11 is 0. The van der Waals surface area contributed by atoms with Crippen molar-refractivity contribution in [2.24, 2.45) is 0 Å². The highest BCUT2D eigenvalue weighted by molar-refractivity contribution is 5.77. The fourth-order valence-corrected chi connectivity index (χ4v) is 4.91. The summed E-state index contributed by atoms with van der Waals surface area (Å²) in [7, 11) is 0. The largest absolute Gasteiger partial charge is 0.405 e. The number of allylic oxidation sites excluding steroid dienone is 4. The van der Waals surface area contributed by atoms with Crippen LogP contribution in [0.15, 0.2) is 71.6 Å². The summed E-state index contributed by atoms with van der Waals surface area (Å²) in [5.74, 6) is -0.670. The van der Waals surface area contributed by atoms with Crippen molar-refractivity contribution in [1.82, 2.24) is 30.8 Å². The molecule has 40 heavy (non-hydrogen) atoms. The molecule has 5 rings (SSSR count). The van der Waals surface area contributed by atoms with Gasteiger partial charge in [-0.2, -0.15) is 13.2 Å². The Morgan fingerprint density at radius 3 is 2.77 bits per heavy atom. The van der Waals surface area contributed by atoms with Gasteiger partial charge in [-0.3, -0.25) is 0 Å². The number of aromatic nitrogens is 2. The lowest BCUT2D eigenvalue weighted by Crippen LogP contribution is -2.41. The molecule has 1 aromatic heterocycles. The zero-order valence-corrected chi connectivity index (χ0v) is 21.5. The Morgan fingerprint density at radius 2 is 2.02 bits per heavy atom. The molecule has 0 spiro atoms. The molecular formula is C27H29F4N7O2. The van der Waals surface area contributed by atoms with Crippen LogP contribution in [0.2, 0.25) is 0 Å². The first-order valence-electron chi connectivity index (χ1n) is 13.0. The van der Waals surface area contributed by atoms with Gasteiger partial charge in [0.1, 0.15) is 6.54 Å². The van der Waals surface area contributed by atoms with Gasteiger partial charge in [-0.1, -0.05) is 12.8 Å². The molecule has 13 heteroatoms. The first-order chi connectivity index (χ1) is 19.1. The Labute approximate surface area is 228 Å². The summed E-state index contributed by atoms with van der Waals surface area (Å²) in [6.45, 7) is -0.931. The van der Waals surface area contributed by atoms with Crippen molar-refractivity contribution in [3.05, 3.63) is 83.3 Å². The molecule has 0 bridgehead atoms. The number of nitrogens with zero attached hydrogens (tertiary/aromatic N) is 3. The summed E-state index contributed by atoms with van der Waals surface area (Å²) in [6, 6.07) is -0.943. The molecule has 0 aromatic carbocycles. The van der Waals surface area contributed by atoms with E-state index >= 15 is 0 Å². The predicted molar refractivity (Wildman–Crippen MR) is 140 cm³/mol. The van der Waals surface area contributed by atoms with E-state index in [-0.39, 0.29) is 23.9 Å². The van der Waals surface area contributed by atoms with Gasteiger partial charge in [0.2, 0.25) is 0 Å². The van der Waals surface area contributed by atoms with E-state index in [9.17, 15) is 22.4 Å².